The zero-order valence-electron chi connectivity index (χ0n) is 18.4. The molecular formula is C26H20N2O6. The molecule has 0 fully saturated rings. The molecule has 0 saturated carbocycles. The summed E-state index contributed by atoms with van der Waals surface area (Å²) in [5.74, 6) is -0.675. The lowest BCUT2D eigenvalue weighted by atomic mass is 10.1. The second kappa shape index (κ2) is 9.41. The highest BCUT2D eigenvalue weighted by Crippen LogP contribution is 2.20. The maximum atomic E-state index is 13.5. The number of hydrogen-bond donors (Lipinski definition) is 1. The van der Waals surface area contributed by atoms with Crippen LogP contribution >= 0.6 is 0 Å². The molecule has 1 heterocycles. The van der Waals surface area contributed by atoms with Gasteiger partial charge in [0.2, 0.25) is 0 Å². The minimum Gasteiger partial charge on any atom is -0.497 e. The first kappa shape index (κ1) is 22.5. The number of hydrogen-bond acceptors (Lipinski definition) is 6. The predicted molar refractivity (Wildman–Crippen MR) is 128 cm³/mol. The van der Waals surface area contributed by atoms with E-state index in [9.17, 15) is 19.5 Å². The topological polar surface area (TPSA) is 108 Å². The van der Waals surface area contributed by atoms with Crippen LogP contribution in [0.5, 0.6) is 5.75 Å². The molecule has 1 aromatic heterocycles. The Hall–Kier alpha value is -4.72. The molecule has 34 heavy (non-hydrogen) atoms. The number of ether oxygens (including phenoxy) is 2. The van der Waals surface area contributed by atoms with Gasteiger partial charge in [-0.15, -0.1) is 0 Å². The summed E-state index contributed by atoms with van der Waals surface area (Å²) in [6.07, 6.45) is 3.39. The third kappa shape index (κ3) is 4.42. The fourth-order valence-corrected chi connectivity index (χ4v) is 3.48. The Bertz CT molecular complexity index is 1490. The van der Waals surface area contributed by atoms with Gasteiger partial charge in [0.1, 0.15) is 11.6 Å². The largest absolute Gasteiger partial charge is 0.497 e. The Balaban J connectivity index is 1.89. The van der Waals surface area contributed by atoms with Crippen molar-refractivity contribution in [3.05, 3.63) is 99.6 Å². The van der Waals surface area contributed by atoms with Gasteiger partial charge in [0.05, 0.1) is 41.9 Å². The standard InChI is InChI=1S/C26H20N2O6/c1-33-20-11-12-22-21(15-20)24(29)28(19-9-7-17(8-10-19)25(30)31)23(27-22)13-6-16-4-3-5-18(14-16)26(32)34-2/h3-15H,1-2H3,(H,30,31)/b13-6+. The van der Waals surface area contributed by atoms with E-state index in [2.05, 4.69) is 4.98 Å². The summed E-state index contributed by atoms with van der Waals surface area (Å²) in [5.41, 5.74) is 1.80. The van der Waals surface area contributed by atoms with Crippen LogP contribution in [0, 0.1) is 0 Å². The van der Waals surface area contributed by atoms with Crippen LogP contribution in [0.15, 0.2) is 71.5 Å². The molecule has 8 nitrogen and oxygen atoms in total. The molecule has 0 aliphatic rings. The number of esters is 1. The summed E-state index contributed by atoms with van der Waals surface area (Å²) in [5, 5.41) is 9.56. The van der Waals surface area contributed by atoms with Gasteiger partial charge in [-0.05, 0) is 66.2 Å². The SMILES string of the molecule is COC(=O)c1cccc(/C=C/c2nc3ccc(OC)cc3c(=O)n2-c2ccc(C(=O)O)cc2)c1. The van der Waals surface area contributed by atoms with Crippen LogP contribution in [0.25, 0.3) is 28.7 Å². The Labute approximate surface area is 194 Å². The van der Waals surface area contributed by atoms with Crippen LogP contribution < -0.4 is 10.3 Å². The van der Waals surface area contributed by atoms with Gasteiger partial charge < -0.3 is 14.6 Å². The lowest BCUT2D eigenvalue weighted by Gasteiger charge is -2.12. The molecule has 4 aromatic rings. The van der Waals surface area contributed by atoms with E-state index < -0.39 is 11.9 Å². The summed E-state index contributed by atoms with van der Waals surface area (Å²) in [4.78, 5) is 41.2. The average Bonchev–Trinajstić information content (AvgIpc) is 2.87. The molecule has 0 radical (unpaired) electrons. The Morgan fingerprint density at radius 2 is 1.71 bits per heavy atom. The summed E-state index contributed by atoms with van der Waals surface area (Å²) in [6.45, 7) is 0. The van der Waals surface area contributed by atoms with Crippen molar-refractivity contribution in [3.63, 3.8) is 0 Å². The quantitative estimate of drug-likeness (QED) is 0.436. The average molecular weight is 456 g/mol. The highest BCUT2D eigenvalue weighted by molar-refractivity contribution is 5.90. The van der Waals surface area contributed by atoms with E-state index >= 15 is 0 Å². The maximum absolute atomic E-state index is 13.5. The monoisotopic (exact) mass is 456 g/mol. The minimum atomic E-state index is -1.06. The summed E-state index contributed by atoms with van der Waals surface area (Å²) < 4.78 is 11.4. The molecule has 3 aromatic carbocycles. The number of aromatic nitrogens is 2. The molecule has 0 aliphatic heterocycles. The lowest BCUT2D eigenvalue weighted by molar-refractivity contribution is 0.0599. The van der Waals surface area contributed by atoms with E-state index in [1.165, 1.54) is 30.9 Å². The first-order chi connectivity index (χ1) is 16.4. The number of methoxy groups -OCH3 is 2. The molecule has 0 saturated heterocycles. The van der Waals surface area contributed by atoms with E-state index in [4.69, 9.17) is 9.47 Å². The molecule has 0 spiro atoms. The molecule has 4 rings (SSSR count). The first-order valence-electron chi connectivity index (χ1n) is 10.2. The lowest BCUT2D eigenvalue weighted by Crippen LogP contribution is -2.22. The molecule has 0 aliphatic carbocycles. The first-order valence-corrected chi connectivity index (χ1v) is 10.2. The number of benzene rings is 3. The van der Waals surface area contributed by atoms with Crippen LogP contribution in [0.2, 0.25) is 0 Å². The predicted octanol–water partition coefficient (Wildman–Crippen LogP) is 4.05. The number of carboxylic acid groups (broad SMARTS) is 1. The third-order valence-electron chi connectivity index (χ3n) is 5.21. The van der Waals surface area contributed by atoms with Crippen LogP contribution in [0.3, 0.4) is 0 Å². The van der Waals surface area contributed by atoms with Crippen molar-refractivity contribution in [1.82, 2.24) is 9.55 Å². The van der Waals surface area contributed by atoms with Crippen molar-refractivity contribution >= 4 is 35.0 Å². The Morgan fingerprint density at radius 3 is 2.38 bits per heavy atom. The van der Waals surface area contributed by atoms with Gasteiger partial charge in [-0.1, -0.05) is 18.2 Å². The highest BCUT2D eigenvalue weighted by Gasteiger charge is 2.13. The van der Waals surface area contributed by atoms with Gasteiger partial charge in [0.25, 0.3) is 5.56 Å². The number of rotatable bonds is 6. The van der Waals surface area contributed by atoms with E-state index in [1.54, 1.807) is 66.7 Å². The van der Waals surface area contributed by atoms with Crippen molar-refractivity contribution in [3.8, 4) is 11.4 Å². The Kier molecular flexibility index (Phi) is 6.22. The molecule has 0 unspecified atom stereocenters. The van der Waals surface area contributed by atoms with Crippen LogP contribution in [0.1, 0.15) is 32.1 Å². The van der Waals surface area contributed by atoms with E-state index in [-0.39, 0.29) is 11.1 Å². The molecule has 0 bridgehead atoms. The molecule has 170 valence electrons. The number of nitrogens with zero attached hydrogens (tertiary/aromatic N) is 2. The van der Waals surface area contributed by atoms with Crippen molar-refractivity contribution in [1.29, 1.82) is 0 Å². The molecule has 1 N–H and O–H groups in total. The highest BCUT2D eigenvalue weighted by atomic mass is 16.5. The molecule has 0 amide bonds. The van der Waals surface area contributed by atoms with E-state index in [1.807, 2.05) is 0 Å². The van der Waals surface area contributed by atoms with Gasteiger partial charge in [-0.2, -0.15) is 0 Å². The summed E-state index contributed by atoms with van der Waals surface area (Å²) >= 11 is 0. The maximum Gasteiger partial charge on any atom is 0.337 e. The second-order valence-electron chi connectivity index (χ2n) is 7.30. The second-order valence-corrected chi connectivity index (χ2v) is 7.30. The van der Waals surface area contributed by atoms with Gasteiger partial charge in [-0.25, -0.2) is 14.6 Å². The van der Waals surface area contributed by atoms with E-state index in [0.717, 1.165) is 0 Å². The normalized spacial score (nSPS) is 11.0. The van der Waals surface area contributed by atoms with Gasteiger partial charge >= 0.3 is 11.9 Å². The number of aromatic carboxylic acids is 1. The van der Waals surface area contributed by atoms with Crippen molar-refractivity contribution in [2.45, 2.75) is 0 Å². The number of carbonyl (C=O) groups is 2. The smallest absolute Gasteiger partial charge is 0.337 e. The number of carbonyl (C=O) groups excluding carboxylic acids is 1. The molecule has 8 heteroatoms. The van der Waals surface area contributed by atoms with Gasteiger partial charge in [-0.3, -0.25) is 9.36 Å². The zero-order chi connectivity index (χ0) is 24.2. The Morgan fingerprint density at radius 1 is 0.941 bits per heavy atom. The number of carboxylic acids is 1. The third-order valence-corrected chi connectivity index (χ3v) is 5.21. The summed E-state index contributed by atoms with van der Waals surface area (Å²) in [6, 6.07) is 17.8. The summed E-state index contributed by atoms with van der Waals surface area (Å²) in [7, 11) is 2.82. The zero-order valence-corrected chi connectivity index (χ0v) is 18.4. The van der Waals surface area contributed by atoms with Crippen molar-refractivity contribution in [2.75, 3.05) is 14.2 Å². The minimum absolute atomic E-state index is 0.101. The fraction of sp³-hybridized carbons (Fsp3) is 0.0769. The van der Waals surface area contributed by atoms with Crippen molar-refractivity contribution in [2.24, 2.45) is 0 Å². The fourth-order valence-electron chi connectivity index (χ4n) is 3.48. The molecule has 0 atom stereocenters. The van der Waals surface area contributed by atoms with Crippen LogP contribution in [-0.2, 0) is 4.74 Å². The van der Waals surface area contributed by atoms with Crippen molar-refractivity contribution < 1.29 is 24.2 Å². The van der Waals surface area contributed by atoms with E-state index in [0.29, 0.717) is 39.3 Å². The number of fused-ring (bicyclic) bond motifs is 1. The van der Waals surface area contributed by atoms with Crippen LogP contribution in [0.4, 0.5) is 0 Å². The van der Waals surface area contributed by atoms with Gasteiger partial charge in [0.15, 0.2) is 0 Å². The van der Waals surface area contributed by atoms with Gasteiger partial charge in [0, 0.05) is 0 Å². The van der Waals surface area contributed by atoms with Crippen LogP contribution in [-0.4, -0.2) is 40.8 Å². The molecular weight excluding hydrogens is 436 g/mol.